The standard InChI is InChI=1S/C17H16ClN5OS/c18-13-7-8-16(23-12-20-21-22-23)15(11-13)17(24)19-9-4-10-25-14-5-2-1-3-6-14/h1-3,5-8,11-12H,4,9-10H2,(H,19,24). The second-order valence-electron chi connectivity index (χ2n) is 5.19. The van der Waals surface area contributed by atoms with Gasteiger partial charge in [0, 0.05) is 16.5 Å². The van der Waals surface area contributed by atoms with Gasteiger partial charge in [-0.05, 0) is 52.9 Å². The third kappa shape index (κ3) is 4.80. The number of nitrogens with zero attached hydrogens (tertiary/aromatic N) is 4. The average Bonchev–Trinajstić information content (AvgIpc) is 3.16. The number of rotatable bonds is 7. The lowest BCUT2D eigenvalue weighted by molar-refractivity contribution is 0.0953. The Balaban J connectivity index is 1.55. The molecule has 1 amide bonds. The van der Waals surface area contributed by atoms with Gasteiger partial charge in [-0.3, -0.25) is 4.79 Å². The van der Waals surface area contributed by atoms with Crippen LogP contribution in [0, 0.1) is 0 Å². The number of tetrazole rings is 1. The van der Waals surface area contributed by atoms with Crippen molar-refractivity contribution < 1.29 is 4.79 Å². The van der Waals surface area contributed by atoms with Crippen molar-refractivity contribution in [1.82, 2.24) is 25.5 Å². The molecule has 128 valence electrons. The third-order valence-corrected chi connectivity index (χ3v) is 4.75. The summed E-state index contributed by atoms with van der Waals surface area (Å²) in [5, 5.41) is 14.4. The topological polar surface area (TPSA) is 72.7 Å². The van der Waals surface area contributed by atoms with Gasteiger partial charge in [0.1, 0.15) is 6.33 Å². The fraction of sp³-hybridized carbons (Fsp3) is 0.176. The van der Waals surface area contributed by atoms with Gasteiger partial charge in [-0.2, -0.15) is 4.68 Å². The predicted octanol–water partition coefficient (Wildman–Crippen LogP) is 3.23. The van der Waals surface area contributed by atoms with E-state index in [-0.39, 0.29) is 5.91 Å². The second-order valence-corrected chi connectivity index (χ2v) is 6.79. The summed E-state index contributed by atoms with van der Waals surface area (Å²) in [6.07, 6.45) is 2.31. The van der Waals surface area contributed by atoms with Gasteiger partial charge in [0.15, 0.2) is 0 Å². The molecule has 0 fully saturated rings. The molecule has 0 saturated carbocycles. The molecule has 0 unspecified atom stereocenters. The molecule has 1 heterocycles. The number of halogens is 1. The molecular weight excluding hydrogens is 358 g/mol. The molecule has 3 rings (SSSR count). The molecule has 25 heavy (non-hydrogen) atoms. The van der Waals surface area contributed by atoms with E-state index < -0.39 is 0 Å². The lowest BCUT2D eigenvalue weighted by Gasteiger charge is -2.10. The van der Waals surface area contributed by atoms with Gasteiger partial charge in [-0.1, -0.05) is 29.8 Å². The average molecular weight is 374 g/mol. The van der Waals surface area contributed by atoms with E-state index in [1.54, 1.807) is 30.0 Å². The van der Waals surface area contributed by atoms with Crippen molar-refractivity contribution in [2.24, 2.45) is 0 Å². The van der Waals surface area contributed by atoms with Crippen molar-refractivity contribution in [2.75, 3.05) is 12.3 Å². The van der Waals surface area contributed by atoms with Crippen LogP contribution < -0.4 is 5.32 Å². The second kappa shape index (κ2) is 8.64. The first kappa shape index (κ1) is 17.4. The minimum Gasteiger partial charge on any atom is -0.352 e. The summed E-state index contributed by atoms with van der Waals surface area (Å²) >= 11 is 7.80. The summed E-state index contributed by atoms with van der Waals surface area (Å²) in [5.74, 6) is 0.734. The van der Waals surface area contributed by atoms with E-state index in [1.165, 1.54) is 15.9 Å². The SMILES string of the molecule is O=C(NCCCSc1ccccc1)c1cc(Cl)ccc1-n1cnnn1. The molecule has 0 aliphatic carbocycles. The molecule has 8 heteroatoms. The van der Waals surface area contributed by atoms with Crippen LogP contribution in [0.5, 0.6) is 0 Å². The Bertz CT molecular complexity index is 826. The van der Waals surface area contributed by atoms with Crippen LogP contribution in [0.2, 0.25) is 5.02 Å². The number of carbonyl (C=O) groups is 1. The molecule has 0 spiro atoms. The van der Waals surface area contributed by atoms with Gasteiger partial charge in [-0.15, -0.1) is 16.9 Å². The fourth-order valence-corrected chi connectivity index (χ4v) is 3.28. The van der Waals surface area contributed by atoms with Gasteiger partial charge in [0.25, 0.3) is 5.91 Å². The van der Waals surface area contributed by atoms with E-state index in [1.807, 2.05) is 18.2 Å². The van der Waals surface area contributed by atoms with Gasteiger partial charge in [0.2, 0.25) is 0 Å². The van der Waals surface area contributed by atoms with Gasteiger partial charge < -0.3 is 5.32 Å². The number of amides is 1. The summed E-state index contributed by atoms with van der Waals surface area (Å²) < 4.78 is 1.44. The fourth-order valence-electron chi connectivity index (χ4n) is 2.24. The number of hydrogen-bond donors (Lipinski definition) is 1. The molecule has 2 aromatic carbocycles. The van der Waals surface area contributed by atoms with Gasteiger partial charge in [-0.25, -0.2) is 0 Å². The van der Waals surface area contributed by atoms with Gasteiger partial charge >= 0.3 is 0 Å². The van der Waals surface area contributed by atoms with Crippen molar-refractivity contribution in [1.29, 1.82) is 0 Å². The first-order valence-electron chi connectivity index (χ1n) is 7.73. The molecule has 0 aliphatic rings. The summed E-state index contributed by atoms with van der Waals surface area (Å²) in [5.41, 5.74) is 1.03. The first-order valence-corrected chi connectivity index (χ1v) is 9.09. The monoisotopic (exact) mass is 373 g/mol. The highest BCUT2D eigenvalue weighted by atomic mass is 35.5. The van der Waals surface area contributed by atoms with E-state index in [4.69, 9.17) is 11.6 Å². The zero-order valence-corrected chi connectivity index (χ0v) is 14.9. The Hall–Kier alpha value is -2.38. The molecule has 3 aromatic rings. The predicted molar refractivity (Wildman–Crippen MR) is 98.3 cm³/mol. The number of thioether (sulfide) groups is 1. The normalized spacial score (nSPS) is 10.6. The Morgan fingerprint density at radius 1 is 1.20 bits per heavy atom. The van der Waals surface area contributed by atoms with Crippen LogP contribution in [0.15, 0.2) is 59.8 Å². The molecule has 0 aliphatic heterocycles. The first-order chi connectivity index (χ1) is 12.2. The largest absolute Gasteiger partial charge is 0.352 e. The molecule has 0 saturated heterocycles. The van der Waals surface area contributed by atoms with Gasteiger partial charge in [0.05, 0.1) is 11.3 Å². The van der Waals surface area contributed by atoms with Crippen molar-refractivity contribution >= 4 is 29.3 Å². The Labute approximate surface area is 154 Å². The minimum absolute atomic E-state index is 0.197. The van der Waals surface area contributed by atoms with Crippen LogP contribution in [-0.4, -0.2) is 38.4 Å². The molecule has 1 aromatic heterocycles. The lowest BCUT2D eigenvalue weighted by atomic mass is 10.1. The Morgan fingerprint density at radius 3 is 2.80 bits per heavy atom. The Morgan fingerprint density at radius 2 is 2.04 bits per heavy atom. The number of hydrogen-bond acceptors (Lipinski definition) is 5. The minimum atomic E-state index is -0.197. The molecule has 0 bridgehead atoms. The van der Waals surface area contributed by atoms with Crippen LogP contribution in [0.25, 0.3) is 5.69 Å². The maximum Gasteiger partial charge on any atom is 0.253 e. The lowest BCUT2D eigenvalue weighted by Crippen LogP contribution is -2.26. The van der Waals surface area contributed by atoms with Crippen LogP contribution in [0.4, 0.5) is 0 Å². The van der Waals surface area contributed by atoms with E-state index in [0.29, 0.717) is 22.8 Å². The highest BCUT2D eigenvalue weighted by molar-refractivity contribution is 7.99. The smallest absolute Gasteiger partial charge is 0.253 e. The van der Waals surface area contributed by atoms with Crippen molar-refractivity contribution in [3.8, 4) is 5.69 Å². The number of carbonyl (C=O) groups excluding carboxylic acids is 1. The van der Waals surface area contributed by atoms with E-state index in [0.717, 1.165) is 12.2 Å². The summed E-state index contributed by atoms with van der Waals surface area (Å²) in [4.78, 5) is 13.7. The molecular formula is C17H16ClN5OS. The summed E-state index contributed by atoms with van der Waals surface area (Å²) in [6.45, 7) is 0.584. The zero-order valence-electron chi connectivity index (χ0n) is 13.3. The maximum atomic E-state index is 12.5. The van der Waals surface area contributed by atoms with Crippen LogP contribution in [0.1, 0.15) is 16.8 Å². The maximum absolute atomic E-state index is 12.5. The Kier molecular flexibility index (Phi) is 6.03. The van der Waals surface area contributed by atoms with E-state index >= 15 is 0 Å². The highest BCUT2D eigenvalue weighted by Gasteiger charge is 2.14. The number of benzene rings is 2. The molecule has 6 nitrogen and oxygen atoms in total. The molecule has 1 N–H and O–H groups in total. The molecule has 0 atom stereocenters. The van der Waals surface area contributed by atoms with Crippen molar-refractivity contribution in [3.05, 3.63) is 65.4 Å². The quantitative estimate of drug-likeness (QED) is 0.508. The van der Waals surface area contributed by atoms with Crippen LogP contribution in [-0.2, 0) is 0 Å². The van der Waals surface area contributed by atoms with Crippen LogP contribution >= 0.6 is 23.4 Å². The van der Waals surface area contributed by atoms with Crippen molar-refractivity contribution in [2.45, 2.75) is 11.3 Å². The zero-order chi connectivity index (χ0) is 17.5. The summed E-state index contributed by atoms with van der Waals surface area (Å²) in [6, 6.07) is 15.2. The molecule has 0 radical (unpaired) electrons. The van der Waals surface area contributed by atoms with E-state index in [9.17, 15) is 4.79 Å². The summed E-state index contributed by atoms with van der Waals surface area (Å²) in [7, 11) is 0. The number of aromatic nitrogens is 4. The van der Waals surface area contributed by atoms with Crippen molar-refractivity contribution in [3.63, 3.8) is 0 Å². The van der Waals surface area contributed by atoms with Crippen LogP contribution in [0.3, 0.4) is 0 Å². The van der Waals surface area contributed by atoms with E-state index in [2.05, 4.69) is 33.0 Å². The highest BCUT2D eigenvalue weighted by Crippen LogP contribution is 2.19. The third-order valence-electron chi connectivity index (χ3n) is 3.42. The number of nitrogens with one attached hydrogen (secondary N) is 1.